The SMILES string of the molecule is CNC(c1cnsn1)c1c(Cl)cnn1C(C)C. The molecule has 0 radical (unpaired) electrons. The first-order valence-corrected chi connectivity index (χ1v) is 6.43. The predicted octanol–water partition coefficient (Wildman–Crippen LogP) is 2.28. The zero-order valence-electron chi connectivity index (χ0n) is 9.88. The Morgan fingerprint density at radius 3 is 2.71 bits per heavy atom. The van der Waals surface area contributed by atoms with Crippen LogP contribution in [-0.4, -0.2) is 25.6 Å². The molecular formula is C10H14ClN5S. The van der Waals surface area contributed by atoms with E-state index < -0.39 is 0 Å². The highest BCUT2D eigenvalue weighted by Gasteiger charge is 2.23. The molecule has 0 aromatic carbocycles. The monoisotopic (exact) mass is 271 g/mol. The summed E-state index contributed by atoms with van der Waals surface area (Å²) in [6.45, 7) is 4.14. The van der Waals surface area contributed by atoms with E-state index in [9.17, 15) is 0 Å². The highest BCUT2D eigenvalue weighted by atomic mass is 35.5. The van der Waals surface area contributed by atoms with Gasteiger partial charge in [-0.1, -0.05) is 11.6 Å². The second-order valence-electron chi connectivity index (χ2n) is 3.97. The summed E-state index contributed by atoms with van der Waals surface area (Å²) in [5.74, 6) is 0. The fourth-order valence-corrected chi connectivity index (χ4v) is 2.44. The molecule has 92 valence electrons. The molecule has 0 aliphatic carbocycles. The summed E-state index contributed by atoms with van der Waals surface area (Å²) in [5, 5.41) is 8.14. The molecule has 7 heteroatoms. The number of rotatable bonds is 4. The first-order valence-electron chi connectivity index (χ1n) is 5.32. The normalized spacial score (nSPS) is 13.2. The van der Waals surface area contributed by atoms with Crippen molar-refractivity contribution in [3.05, 3.63) is 28.8 Å². The highest BCUT2D eigenvalue weighted by molar-refractivity contribution is 6.99. The van der Waals surface area contributed by atoms with Gasteiger partial charge in [0.25, 0.3) is 0 Å². The number of aromatic nitrogens is 4. The molecule has 1 unspecified atom stereocenters. The molecule has 2 heterocycles. The summed E-state index contributed by atoms with van der Waals surface area (Å²) >= 11 is 7.40. The van der Waals surface area contributed by atoms with Gasteiger partial charge in [0.05, 0.1) is 46.6 Å². The standard InChI is InChI=1S/C10H14ClN5S/c1-6(2)16-10(7(11)4-13-16)9(12-3)8-5-14-17-15-8/h4-6,9,12H,1-3H3. The lowest BCUT2D eigenvalue weighted by Crippen LogP contribution is -2.23. The largest absolute Gasteiger partial charge is 0.307 e. The van der Waals surface area contributed by atoms with Gasteiger partial charge in [0.15, 0.2) is 0 Å². The van der Waals surface area contributed by atoms with Crippen LogP contribution in [0.15, 0.2) is 12.4 Å². The zero-order valence-corrected chi connectivity index (χ0v) is 11.5. The van der Waals surface area contributed by atoms with Crippen molar-refractivity contribution < 1.29 is 0 Å². The fraction of sp³-hybridized carbons (Fsp3) is 0.500. The number of halogens is 1. The average molecular weight is 272 g/mol. The Balaban J connectivity index is 2.47. The molecule has 0 saturated carbocycles. The van der Waals surface area contributed by atoms with Gasteiger partial charge < -0.3 is 5.32 Å². The Morgan fingerprint density at radius 2 is 2.18 bits per heavy atom. The summed E-state index contributed by atoms with van der Waals surface area (Å²) < 4.78 is 10.2. The topological polar surface area (TPSA) is 55.6 Å². The molecule has 0 aliphatic rings. The third-order valence-electron chi connectivity index (χ3n) is 2.51. The van der Waals surface area contributed by atoms with Crippen LogP contribution in [0.25, 0.3) is 0 Å². The van der Waals surface area contributed by atoms with E-state index in [1.807, 2.05) is 11.7 Å². The molecule has 1 atom stereocenters. The van der Waals surface area contributed by atoms with E-state index in [-0.39, 0.29) is 12.1 Å². The number of hydrogen-bond acceptors (Lipinski definition) is 5. The van der Waals surface area contributed by atoms with E-state index in [4.69, 9.17) is 11.6 Å². The summed E-state index contributed by atoms with van der Waals surface area (Å²) in [5.41, 5.74) is 1.79. The van der Waals surface area contributed by atoms with Crippen molar-refractivity contribution in [1.82, 2.24) is 23.8 Å². The Hall–Kier alpha value is -0.980. The van der Waals surface area contributed by atoms with Crippen LogP contribution in [0, 0.1) is 0 Å². The fourth-order valence-electron chi connectivity index (χ4n) is 1.76. The highest BCUT2D eigenvalue weighted by Crippen LogP contribution is 2.29. The summed E-state index contributed by atoms with van der Waals surface area (Å²) in [6.07, 6.45) is 3.42. The quantitative estimate of drug-likeness (QED) is 0.927. The molecule has 2 aromatic rings. The molecule has 17 heavy (non-hydrogen) atoms. The van der Waals surface area contributed by atoms with Gasteiger partial charge in [-0.05, 0) is 20.9 Å². The number of hydrogen-bond donors (Lipinski definition) is 1. The minimum atomic E-state index is -0.0776. The summed E-state index contributed by atoms with van der Waals surface area (Å²) in [6, 6.07) is 0.172. The van der Waals surface area contributed by atoms with E-state index in [0.717, 1.165) is 11.4 Å². The van der Waals surface area contributed by atoms with Gasteiger partial charge in [-0.15, -0.1) is 0 Å². The van der Waals surface area contributed by atoms with Gasteiger partial charge in [0, 0.05) is 6.04 Å². The summed E-state index contributed by atoms with van der Waals surface area (Å²) in [7, 11) is 1.87. The molecule has 0 saturated heterocycles. The van der Waals surface area contributed by atoms with Gasteiger partial charge >= 0.3 is 0 Å². The number of nitrogens with zero attached hydrogens (tertiary/aromatic N) is 4. The lowest BCUT2D eigenvalue weighted by molar-refractivity contribution is 0.482. The van der Waals surface area contributed by atoms with Gasteiger partial charge in [0.1, 0.15) is 0 Å². The maximum atomic E-state index is 6.21. The molecule has 0 amide bonds. The third kappa shape index (κ3) is 2.34. The Bertz CT molecular complexity index is 479. The molecule has 2 rings (SSSR count). The number of nitrogens with one attached hydrogen (secondary N) is 1. The van der Waals surface area contributed by atoms with Crippen molar-refractivity contribution in [2.75, 3.05) is 7.05 Å². The molecule has 5 nitrogen and oxygen atoms in total. The van der Waals surface area contributed by atoms with Crippen molar-refractivity contribution in [1.29, 1.82) is 0 Å². The molecular weight excluding hydrogens is 258 g/mol. The first kappa shape index (κ1) is 12.5. The van der Waals surface area contributed by atoms with Crippen molar-refractivity contribution in [3.63, 3.8) is 0 Å². The third-order valence-corrected chi connectivity index (χ3v) is 3.30. The Labute approximate surface area is 109 Å². The van der Waals surface area contributed by atoms with Gasteiger partial charge in [-0.2, -0.15) is 13.8 Å². The van der Waals surface area contributed by atoms with Crippen LogP contribution in [0.2, 0.25) is 5.02 Å². The summed E-state index contributed by atoms with van der Waals surface area (Å²) in [4.78, 5) is 0. The predicted molar refractivity (Wildman–Crippen MR) is 68.4 cm³/mol. The van der Waals surface area contributed by atoms with E-state index in [0.29, 0.717) is 5.02 Å². The van der Waals surface area contributed by atoms with Crippen molar-refractivity contribution in [3.8, 4) is 0 Å². The Kier molecular flexibility index (Phi) is 3.76. The molecule has 1 N–H and O–H groups in total. The van der Waals surface area contributed by atoms with Crippen LogP contribution < -0.4 is 5.32 Å². The van der Waals surface area contributed by atoms with E-state index in [1.165, 1.54) is 11.7 Å². The maximum absolute atomic E-state index is 6.21. The van der Waals surface area contributed by atoms with Crippen LogP contribution in [-0.2, 0) is 0 Å². The minimum Gasteiger partial charge on any atom is -0.307 e. The van der Waals surface area contributed by atoms with Crippen LogP contribution in [0.4, 0.5) is 0 Å². The van der Waals surface area contributed by atoms with Crippen LogP contribution in [0.3, 0.4) is 0 Å². The second kappa shape index (κ2) is 5.12. The Morgan fingerprint density at radius 1 is 1.41 bits per heavy atom. The van der Waals surface area contributed by atoms with Crippen LogP contribution in [0.5, 0.6) is 0 Å². The molecule has 2 aromatic heterocycles. The lowest BCUT2D eigenvalue weighted by atomic mass is 10.1. The van der Waals surface area contributed by atoms with Crippen molar-refractivity contribution in [2.45, 2.75) is 25.9 Å². The molecule has 0 bridgehead atoms. The van der Waals surface area contributed by atoms with E-state index in [2.05, 4.69) is 33.0 Å². The van der Waals surface area contributed by atoms with Crippen molar-refractivity contribution >= 4 is 23.3 Å². The van der Waals surface area contributed by atoms with Crippen molar-refractivity contribution in [2.24, 2.45) is 0 Å². The van der Waals surface area contributed by atoms with Gasteiger partial charge in [-0.3, -0.25) is 4.68 Å². The van der Waals surface area contributed by atoms with Crippen LogP contribution in [0.1, 0.15) is 37.3 Å². The molecule has 0 fully saturated rings. The van der Waals surface area contributed by atoms with E-state index >= 15 is 0 Å². The van der Waals surface area contributed by atoms with E-state index in [1.54, 1.807) is 12.4 Å². The smallest absolute Gasteiger partial charge is 0.0974 e. The minimum absolute atomic E-state index is 0.0776. The van der Waals surface area contributed by atoms with Gasteiger partial charge in [0.2, 0.25) is 0 Å². The molecule has 0 aliphatic heterocycles. The van der Waals surface area contributed by atoms with Crippen LogP contribution >= 0.6 is 23.3 Å². The first-order chi connectivity index (χ1) is 8.15. The lowest BCUT2D eigenvalue weighted by Gasteiger charge is -2.18. The zero-order chi connectivity index (χ0) is 12.4. The second-order valence-corrected chi connectivity index (χ2v) is 4.93. The maximum Gasteiger partial charge on any atom is 0.0974 e. The average Bonchev–Trinajstić information content (AvgIpc) is 2.91. The molecule has 0 spiro atoms. The van der Waals surface area contributed by atoms with Gasteiger partial charge in [-0.25, -0.2) is 0 Å².